The normalized spacial score (nSPS) is 12.0. The van der Waals surface area contributed by atoms with E-state index in [9.17, 15) is 13.2 Å². The molecular weight excluding hydrogens is 325 g/mol. The predicted octanol–water partition coefficient (Wildman–Crippen LogP) is 3.64. The third kappa shape index (κ3) is 4.09. The number of halogens is 4. The van der Waals surface area contributed by atoms with Crippen LogP contribution in [0.5, 0.6) is 0 Å². The fourth-order valence-electron chi connectivity index (χ4n) is 1.68. The van der Waals surface area contributed by atoms with Crippen LogP contribution in [0.2, 0.25) is 0 Å². The lowest BCUT2D eigenvalue weighted by atomic mass is 10.2. The molecule has 8 heteroatoms. The third-order valence-corrected chi connectivity index (χ3v) is 2.91. The molecule has 2 aromatic heterocycles. The molecule has 0 saturated carbocycles. The number of nitrogens with one attached hydrogen (secondary N) is 1. The van der Waals surface area contributed by atoms with Crippen LogP contribution >= 0.6 is 15.9 Å². The molecule has 0 saturated heterocycles. The minimum atomic E-state index is -4.08. The van der Waals surface area contributed by atoms with E-state index in [-0.39, 0.29) is 6.42 Å². The van der Waals surface area contributed by atoms with Crippen molar-refractivity contribution in [3.8, 4) is 0 Å². The van der Waals surface area contributed by atoms with Crippen LogP contribution in [0.25, 0.3) is 5.65 Å². The summed E-state index contributed by atoms with van der Waals surface area (Å²) in [5, 5.41) is 3.01. The number of hydrogen-bond acceptors (Lipinski definition) is 3. The molecule has 1 N–H and O–H groups in total. The molecule has 0 radical (unpaired) electrons. The lowest BCUT2D eigenvalue weighted by Crippen LogP contribution is -2.10. The monoisotopic (exact) mass is 336 g/mol. The molecule has 0 spiro atoms. The van der Waals surface area contributed by atoms with Crippen LogP contribution in [0.4, 0.5) is 19.0 Å². The molecule has 0 bridgehead atoms. The van der Waals surface area contributed by atoms with Crippen molar-refractivity contribution in [3.63, 3.8) is 0 Å². The Hall–Kier alpha value is -1.31. The Morgan fingerprint density at radius 2 is 2.11 bits per heavy atom. The van der Waals surface area contributed by atoms with Gasteiger partial charge in [-0.25, -0.2) is 9.97 Å². The van der Waals surface area contributed by atoms with Crippen LogP contribution in [0.15, 0.2) is 23.2 Å². The van der Waals surface area contributed by atoms with Gasteiger partial charge >= 0.3 is 6.18 Å². The SMILES string of the molecule is FC(F)(F)CCCCNc1nc(Br)cn2ccnc12. The second-order valence-corrected chi connectivity index (χ2v) is 4.88. The minimum absolute atomic E-state index is 0.106. The van der Waals surface area contributed by atoms with E-state index in [1.807, 2.05) is 0 Å². The summed E-state index contributed by atoms with van der Waals surface area (Å²) in [5.74, 6) is 0.561. The lowest BCUT2D eigenvalue weighted by molar-refractivity contribution is -0.135. The van der Waals surface area contributed by atoms with Gasteiger partial charge in [0, 0.05) is 31.6 Å². The molecule has 4 nitrogen and oxygen atoms in total. The fourth-order valence-corrected chi connectivity index (χ4v) is 2.07. The summed E-state index contributed by atoms with van der Waals surface area (Å²) in [4.78, 5) is 8.35. The van der Waals surface area contributed by atoms with Gasteiger partial charge in [-0.15, -0.1) is 0 Å². The Kier molecular flexibility index (Phi) is 4.28. The maximum absolute atomic E-state index is 12.0. The molecule has 0 aliphatic heterocycles. The fraction of sp³-hybridized carbons (Fsp3) is 0.455. The van der Waals surface area contributed by atoms with Gasteiger partial charge in [0.15, 0.2) is 11.5 Å². The zero-order valence-electron chi connectivity index (χ0n) is 9.91. The van der Waals surface area contributed by atoms with E-state index in [1.54, 1.807) is 23.0 Å². The first-order valence-corrected chi connectivity index (χ1v) is 6.55. The van der Waals surface area contributed by atoms with Crippen LogP contribution in [-0.2, 0) is 0 Å². The van der Waals surface area contributed by atoms with Crippen molar-refractivity contribution in [1.82, 2.24) is 14.4 Å². The highest BCUT2D eigenvalue weighted by Crippen LogP contribution is 2.22. The zero-order valence-corrected chi connectivity index (χ0v) is 11.5. The number of hydrogen-bond donors (Lipinski definition) is 1. The van der Waals surface area contributed by atoms with Crippen molar-refractivity contribution in [2.75, 3.05) is 11.9 Å². The summed E-state index contributed by atoms with van der Waals surface area (Å²) < 4.78 is 38.3. The van der Waals surface area contributed by atoms with E-state index in [0.717, 1.165) is 0 Å². The Morgan fingerprint density at radius 1 is 1.32 bits per heavy atom. The zero-order chi connectivity index (χ0) is 13.9. The maximum atomic E-state index is 12.0. The average Bonchev–Trinajstić information content (AvgIpc) is 2.74. The van der Waals surface area contributed by atoms with Crippen LogP contribution in [0.1, 0.15) is 19.3 Å². The predicted molar refractivity (Wildman–Crippen MR) is 69.1 cm³/mol. The summed E-state index contributed by atoms with van der Waals surface area (Å²) in [6.07, 6.45) is 0.881. The lowest BCUT2D eigenvalue weighted by Gasteiger charge is -2.08. The number of unbranched alkanes of at least 4 members (excludes halogenated alkanes) is 1. The second kappa shape index (κ2) is 5.77. The van der Waals surface area contributed by atoms with E-state index < -0.39 is 12.6 Å². The smallest absolute Gasteiger partial charge is 0.367 e. The van der Waals surface area contributed by atoms with Gasteiger partial charge in [0.05, 0.1) is 0 Å². The minimum Gasteiger partial charge on any atom is -0.367 e. The first kappa shape index (κ1) is 14.1. The molecule has 0 amide bonds. The van der Waals surface area contributed by atoms with Gasteiger partial charge in [0.2, 0.25) is 0 Å². The standard InChI is InChI=1S/C11H12BrF3N4/c12-8-7-19-6-5-17-10(19)9(18-8)16-4-2-1-3-11(13,14)15/h5-7H,1-4H2,(H,16,18). The molecule has 19 heavy (non-hydrogen) atoms. The molecule has 0 atom stereocenters. The summed E-state index contributed by atoms with van der Waals surface area (Å²) in [7, 11) is 0. The first-order valence-electron chi connectivity index (χ1n) is 5.75. The number of nitrogens with zero attached hydrogens (tertiary/aromatic N) is 3. The van der Waals surface area contributed by atoms with Gasteiger partial charge in [0.1, 0.15) is 4.60 Å². The summed E-state index contributed by atoms with van der Waals surface area (Å²) in [6.45, 7) is 0.433. The highest BCUT2D eigenvalue weighted by Gasteiger charge is 2.25. The van der Waals surface area contributed by atoms with Crippen molar-refractivity contribution < 1.29 is 13.2 Å². The van der Waals surface area contributed by atoms with Gasteiger partial charge < -0.3 is 9.72 Å². The second-order valence-electron chi connectivity index (χ2n) is 4.07. The largest absolute Gasteiger partial charge is 0.389 e. The molecule has 0 aromatic carbocycles. The van der Waals surface area contributed by atoms with Crippen molar-refractivity contribution in [1.29, 1.82) is 0 Å². The molecular formula is C11H12BrF3N4. The van der Waals surface area contributed by atoms with E-state index >= 15 is 0 Å². The van der Waals surface area contributed by atoms with Crippen LogP contribution < -0.4 is 5.32 Å². The van der Waals surface area contributed by atoms with Gasteiger partial charge in [-0.2, -0.15) is 13.2 Å². The molecule has 104 valence electrons. The van der Waals surface area contributed by atoms with Crippen LogP contribution in [-0.4, -0.2) is 27.1 Å². The molecule has 2 aromatic rings. The van der Waals surface area contributed by atoms with E-state index in [1.165, 1.54) is 0 Å². The van der Waals surface area contributed by atoms with Crippen LogP contribution in [0.3, 0.4) is 0 Å². The average molecular weight is 337 g/mol. The van der Waals surface area contributed by atoms with Crippen molar-refractivity contribution in [2.45, 2.75) is 25.4 Å². The highest BCUT2D eigenvalue weighted by atomic mass is 79.9. The number of rotatable bonds is 5. The van der Waals surface area contributed by atoms with Gasteiger partial charge in [0.25, 0.3) is 0 Å². The first-order chi connectivity index (χ1) is 8.96. The number of imidazole rings is 1. The molecule has 0 aliphatic carbocycles. The van der Waals surface area contributed by atoms with Crippen LogP contribution in [0, 0.1) is 0 Å². The molecule has 2 heterocycles. The molecule has 0 unspecified atom stereocenters. The Labute approximate surface area is 116 Å². The van der Waals surface area contributed by atoms with Gasteiger partial charge in [-0.1, -0.05) is 0 Å². The number of alkyl halides is 3. The molecule has 0 fully saturated rings. The Morgan fingerprint density at radius 3 is 2.84 bits per heavy atom. The van der Waals surface area contributed by atoms with Crippen molar-refractivity contribution in [2.24, 2.45) is 0 Å². The van der Waals surface area contributed by atoms with Gasteiger partial charge in [-0.05, 0) is 28.8 Å². The number of aromatic nitrogens is 3. The summed E-state index contributed by atoms with van der Waals surface area (Å²) >= 11 is 3.27. The van der Waals surface area contributed by atoms with E-state index in [2.05, 4.69) is 31.2 Å². The summed E-state index contributed by atoms with van der Waals surface area (Å²) in [5.41, 5.74) is 0.652. The highest BCUT2D eigenvalue weighted by molar-refractivity contribution is 9.10. The topological polar surface area (TPSA) is 42.2 Å². The summed E-state index contributed by atoms with van der Waals surface area (Å²) in [6, 6.07) is 0. The quantitative estimate of drug-likeness (QED) is 0.847. The van der Waals surface area contributed by atoms with Gasteiger partial charge in [-0.3, -0.25) is 0 Å². The Balaban J connectivity index is 1.89. The molecule has 2 rings (SSSR count). The van der Waals surface area contributed by atoms with E-state index in [4.69, 9.17) is 0 Å². The Bertz CT molecular complexity index is 552. The van der Waals surface area contributed by atoms with E-state index in [0.29, 0.717) is 29.0 Å². The number of fused-ring (bicyclic) bond motifs is 1. The maximum Gasteiger partial charge on any atom is 0.389 e. The van der Waals surface area contributed by atoms with Crippen molar-refractivity contribution >= 4 is 27.4 Å². The number of anilines is 1. The third-order valence-electron chi connectivity index (χ3n) is 2.52. The van der Waals surface area contributed by atoms with Crippen molar-refractivity contribution in [3.05, 3.63) is 23.2 Å². The molecule has 0 aliphatic rings.